The van der Waals surface area contributed by atoms with E-state index < -0.39 is 5.60 Å². The van der Waals surface area contributed by atoms with E-state index in [4.69, 9.17) is 4.74 Å². The summed E-state index contributed by atoms with van der Waals surface area (Å²) in [6, 6.07) is 7.45. The molecule has 2 heterocycles. The fourth-order valence-electron chi connectivity index (χ4n) is 2.64. The number of ether oxygens (including phenoxy) is 1. The van der Waals surface area contributed by atoms with Crippen molar-refractivity contribution in [3.63, 3.8) is 0 Å². The minimum absolute atomic E-state index is 0.194. The second kappa shape index (κ2) is 6.51. The molecule has 1 aromatic carbocycles. The van der Waals surface area contributed by atoms with Crippen LogP contribution in [0.5, 0.6) is 0 Å². The zero-order chi connectivity index (χ0) is 17.3. The van der Waals surface area contributed by atoms with Crippen LogP contribution in [0.1, 0.15) is 45.5 Å². The highest BCUT2D eigenvalue weighted by molar-refractivity contribution is 9.10. The van der Waals surface area contributed by atoms with Gasteiger partial charge in [0, 0.05) is 11.0 Å². The van der Waals surface area contributed by atoms with Gasteiger partial charge in [-0.3, -0.25) is 4.90 Å². The fraction of sp³-hybridized carbons (Fsp3) is 0.500. The molecule has 0 aliphatic carbocycles. The predicted molar refractivity (Wildman–Crippen MR) is 91.8 cm³/mol. The zero-order valence-electron chi connectivity index (χ0n) is 13.9. The topological polar surface area (TPSA) is 73.1 Å². The zero-order valence-corrected chi connectivity index (χ0v) is 15.5. The molecular weight excluding hydrogens is 374 g/mol. The van der Waals surface area contributed by atoms with Gasteiger partial charge in [-0.1, -0.05) is 22.0 Å². The second-order valence-corrected chi connectivity index (χ2v) is 7.66. The first-order valence-corrected chi connectivity index (χ1v) is 8.68. The molecule has 1 fully saturated rings. The molecule has 0 N–H and O–H groups in total. The molecule has 128 valence electrons. The van der Waals surface area contributed by atoms with Crippen LogP contribution in [0.4, 0.5) is 4.79 Å². The molecule has 1 aliphatic rings. The van der Waals surface area contributed by atoms with E-state index >= 15 is 0 Å². The van der Waals surface area contributed by atoms with E-state index in [1.807, 2.05) is 45.0 Å². The van der Waals surface area contributed by atoms with Crippen molar-refractivity contribution in [2.45, 2.75) is 45.3 Å². The van der Waals surface area contributed by atoms with E-state index in [2.05, 4.69) is 31.3 Å². The first-order valence-electron chi connectivity index (χ1n) is 7.89. The third-order valence-electron chi connectivity index (χ3n) is 3.65. The minimum Gasteiger partial charge on any atom is -0.444 e. The Morgan fingerprint density at radius 1 is 1.38 bits per heavy atom. The van der Waals surface area contributed by atoms with E-state index in [-0.39, 0.29) is 12.1 Å². The molecule has 0 unspecified atom stereocenters. The number of likely N-dealkylation sites (tertiary alicyclic amines) is 1. The highest BCUT2D eigenvalue weighted by Gasteiger charge is 2.35. The Kier molecular flexibility index (Phi) is 4.58. The van der Waals surface area contributed by atoms with Gasteiger partial charge in [0.15, 0.2) is 5.82 Å². The lowest BCUT2D eigenvalue weighted by molar-refractivity contribution is 0.0218. The molecule has 0 saturated carbocycles. The maximum atomic E-state index is 12.4. The largest absolute Gasteiger partial charge is 0.444 e. The number of tetrazole rings is 1. The molecule has 1 amide bonds. The van der Waals surface area contributed by atoms with Gasteiger partial charge in [0.25, 0.3) is 0 Å². The molecule has 1 atom stereocenters. The Labute approximate surface area is 149 Å². The summed E-state index contributed by atoms with van der Waals surface area (Å²) in [6.07, 6.45) is 1.38. The lowest BCUT2D eigenvalue weighted by Crippen LogP contribution is -2.36. The Morgan fingerprint density at radius 2 is 2.17 bits per heavy atom. The van der Waals surface area contributed by atoms with Crippen LogP contribution < -0.4 is 0 Å². The smallest absolute Gasteiger partial charge is 0.410 e. The van der Waals surface area contributed by atoms with Crippen molar-refractivity contribution in [2.24, 2.45) is 0 Å². The van der Waals surface area contributed by atoms with Crippen LogP contribution in [-0.4, -0.2) is 43.3 Å². The number of amides is 1. The van der Waals surface area contributed by atoms with Crippen LogP contribution in [-0.2, 0) is 4.74 Å². The predicted octanol–water partition coefficient (Wildman–Crippen LogP) is 3.50. The number of halogens is 1. The summed E-state index contributed by atoms with van der Waals surface area (Å²) < 4.78 is 6.42. The maximum Gasteiger partial charge on any atom is 0.410 e. The maximum absolute atomic E-state index is 12.4. The van der Waals surface area contributed by atoms with Crippen LogP contribution in [0.2, 0.25) is 0 Å². The summed E-state index contributed by atoms with van der Waals surface area (Å²) in [4.78, 5) is 15.5. The van der Waals surface area contributed by atoms with Gasteiger partial charge in [0.05, 0.1) is 11.7 Å². The van der Waals surface area contributed by atoms with Gasteiger partial charge in [0.2, 0.25) is 0 Å². The van der Waals surface area contributed by atoms with Gasteiger partial charge in [-0.15, -0.1) is 15.0 Å². The standard InChI is InChI=1S/C16H20BrN5O2/c1-16(2,3)24-15(23)21-9-5-8-13(21)14-18-20-22(19-14)12-7-4-6-11(17)10-12/h4,6-7,10,13H,5,8-9H2,1-3H3/t13-/m1/s1. The Hall–Kier alpha value is -1.96. The molecular formula is C16H20BrN5O2. The van der Waals surface area contributed by atoms with E-state index in [0.717, 1.165) is 23.0 Å². The van der Waals surface area contributed by atoms with E-state index in [1.54, 1.807) is 4.90 Å². The Morgan fingerprint density at radius 3 is 2.88 bits per heavy atom. The molecule has 1 aromatic heterocycles. The lowest BCUT2D eigenvalue weighted by Gasteiger charge is -2.27. The van der Waals surface area contributed by atoms with Crippen LogP contribution in [0.15, 0.2) is 28.7 Å². The van der Waals surface area contributed by atoms with Crippen LogP contribution in [0.25, 0.3) is 5.69 Å². The average Bonchev–Trinajstić information content (AvgIpc) is 3.14. The van der Waals surface area contributed by atoms with Crippen molar-refractivity contribution in [1.29, 1.82) is 0 Å². The van der Waals surface area contributed by atoms with E-state index in [1.165, 1.54) is 4.80 Å². The van der Waals surface area contributed by atoms with Gasteiger partial charge in [0.1, 0.15) is 5.60 Å². The number of hydrogen-bond donors (Lipinski definition) is 0. The van der Waals surface area contributed by atoms with Crippen LogP contribution >= 0.6 is 15.9 Å². The molecule has 24 heavy (non-hydrogen) atoms. The summed E-state index contributed by atoms with van der Waals surface area (Å²) in [7, 11) is 0. The van der Waals surface area contributed by atoms with Crippen LogP contribution in [0, 0.1) is 0 Å². The first kappa shape index (κ1) is 16.9. The van der Waals surface area contributed by atoms with E-state index in [9.17, 15) is 4.79 Å². The van der Waals surface area contributed by atoms with Crippen molar-refractivity contribution in [1.82, 2.24) is 25.1 Å². The summed E-state index contributed by atoms with van der Waals surface area (Å²) in [5.41, 5.74) is 0.288. The van der Waals surface area contributed by atoms with Crippen molar-refractivity contribution in [2.75, 3.05) is 6.54 Å². The SMILES string of the molecule is CC(C)(C)OC(=O)N1CCC[C@@H]1c1nnn(-c2cccc(Br)c2)n1. The fourth-order valence-corrected chi connectivity index (χ4v) is 3.03. The van der Waals surface area contributed by atoms with Crippen molar-refractivity contribution in [3.8, 4) is 5.69 Å². The quantitative estimate of drug-likeness (QED) is 0.780. The molecule has 0 bridgehead atoms. The first-order chi connectivity index (χ1) is 11.3. The number of aromatic nitrogens is 4. The van der Waals surface area contributed by atoms with E-state index in [0.29, 0.717) is 12.4 Å². The minimum atomic E-state index is -0.522. The summed E-state index contributed by atoms with van der Waals surface area (Å²) in [5, 5.41) is 12.7. The number of rotatable bonds is 2. The Bertz CT molecular complexity index is 740. The molecule has 3 rings (SSSR count). The monoisotopic (exact) mass is 393 g/mol. The van der Waals surface area contributed by atoms with Gasteiger partial charge >= 0.3 is 6.09 Å². The van der Waals surface area contributed by atoms with Crippen LogP contribution in [0.3, 0.4) is 0 Å². The molecule has 0 radical (unpaired) electrons. The molecule has 2 aromatic rings. The highest BCUT2D eigenvalue weighted by atomic mass is 79.9. The van der Waals surface area contributed by atoms with Gasteiger partial charge < -0.3 is 4.74 Å². The lowest BCUT2D eigenvalue weighted by atomic mass is 10.2. The van der Waals surface area contributed by atoms with Gasteiger partial charge in [-0.25, -0.2) is 4.79 Å². The summed E-state index contributed by atoms with van der Waals surface area (Å²) in [6.45, 7) is 6.22. The molecule has 0 spiro atoms. The van der Waals surface area contributed by atoms with Crippen molar-refractivity contribution >= 4 is 22.0 Å². The van der Waals surface area contributed by atoms with Gasteiger partial charge in [-0.05, 0) is 57.0 Å². The number of benzene rings is 1. The van der Waals surface area contributed by atoms with Gasteiger partial charge in [-0.2, -0.15) is 0 Å². The normalized spacial score (nSPS) is 18.0. The number of hydrogen-bond acceptors (Lipinski definition) is 5. The second-order valence-electron chi connectivity index (χ2n) is 6.75. The highest BCUT2D eigenvalue weighted by Crippen LogP contribution is 2.31. The number of nitrogens with zero attached hydrogens (tertiary/aromatic N) is 5. The number of carbonyl (C=O) groups excluding carboxylic acids is 1. The summed E-state index contributed by atoms with van der Waals surface area (Å²) in [5.74, 6) is 0.540. The molecule has 8 heteroatoms. The molecule has 7 nitrogen and oxygen atoms in total. The van der Waals surface area contributed by atoms with Crippen molar-refractivity contribution < 1.29 is 9.53 Å². The average molecular weight is 394 g/mol. The molecule has 1 aliphatic heterocycles. The molecule has 1 saturated heterocycles. The third-order valence-corrected chi connectivity index (χ3v) is 4.14. The number of carbonyl (C=O) groups is 1. The Balaban J connectivity index is 1.80. The third kappa shape index (κ3) is 3.75. The summed E-state index contributed by atoms with van der Waals surface area (Å²) >= 11 is 3.43. The van der Waals surface area contributed by atoms with Crippen molar-refractivity contribution in [3.05, 3.63) is 34.6 Å².